The number of ether oxygens (including phenoxy) is 1. The molecule has 0 spiro atoms. The van der Waals surface area contributed by atoms with Gasteiger partial charge in [0.05, 0.1) is 6.04 Å². The van der Waals surface area contributed by atoms with E-state index in [0.29, 0.717) is 0 Å². The number of hydrogen-bond donors (Lipinski definition) is 0. The SMILES string of the molecule is COCC(=O)N1CCCCC1c1nc(C)c2c(n1)N(CCc1ccccn1)CCC2. The number of nitrogens with zero attached hydrogens (tertiary/aromatic N) is 5. The van der Waals surface area contributed by atoms with Gasteiger partial charge in [0, 0.05) is 56.3 Å². The Kier molecular flexibility index (Phi) is 6.57. The van der Waals surface area contributed by atoms with Crippen molar-refractivity contribution >= 4 is 11.7 Å². The first-order chi connectivity index (χ1) is 14.7. The summed E-state index contributed by atoms with van der Waals surface area (Å²) < 4.78 is 5.10. The molecule has 2 aromatic heterocycles. The van der Waals surface area contributed by atoms with Gasteiger partial charge >= 0.3 is 0 Å². The largest absolute Gasteiger partial charge is 0.375 e. The molecular weight excluding hydrogens is 378 g/mol. The van der Waals surface area contributed by atoms with Crippen LogP contribution >= 0.6 is 0 Å². The summed E-state index contributed by atoms with van der Waals surface area (Å²) in [6.45, 7) is 4.81. The van der Waals surface area contributed by atoms with E-state index in [2.05, 4.69) is 22.9 Å². The van der Waals surface area contributed by atoms with Crippen LogP contribution in [0.4, 0.5) is 5.82 Å². The predicted molar refractivity (Wildman–Crippen MR) is 115 cm³/mol. The van der Waals surface area contributed by atoms with Crippen LogP contribution < -0.4 is 4.90 Å². The lowest BCUT2D eigenvalue weighted by Gasteiger charge is -2.36. The molecule has 4 heterocycles. The normalized spacial score (nSPS) is 18.9. The smallest absolute Gasteiger partial charge is 0.249 e. The summed E-state index contributed by atoms with van der Waals surface area (Å²) in [5.41, 5.74) is 3.39. The van der Waals surface area contributed by atoms with Crippen molar-refractivity contribution in [1.29, 1.82) is 0 Å². The van der Waals surface area contributed by atoms with Crippen molar-refractivity contribution in [3.05, 3.63) is 47.2 Å². The summed E-state index contributed by atoms with van der Waals surface area (Å²) in [5, 5.41) is 0. The van der Waals surface area contributed by atoms with Gasteiger partial charge in [-0.25, -0.2) is 9.97 Å². The minimum Gasteiger partial charge on any atom is -0.375 e. The zero-order chi connectivity index (χ0) is 20.9. The molecule has 0 radical (unpaired) electrons. The molecule has 0 aromatic carbocycles. The van der Waals surface area contributed by atoms with Gasteiger partial charge in [0.2, 0.25) is 5.91 Å². The molecule has 4 rings (SSSR count). The number of amides is 1. The quantitative estimate of drug-likeness (QED) is 0.731. The molecule has 30 heavy (non-hydrogen) atoms. The first-order valence-electron chi connectivity index (χ1n) is 11.0. The third-order valence-corrected chi connectivity index (χ3v) is 6.12. The highest BCUT2D eigenvalue weighted by Crippen LogP contribution is 2.33. The molecule has 2 aliphatic rings. The number of anilines is 1. The highest BCUT2D eigenvalue weighted by Gasteiger charge is 2.32. The molecule has 1 amide bonds. The Morgan fingerprint density at radius 1 is 1.20 bits per heavy atom. The zero-order valence-electron chi connectivity index (χ0n) is 18.0. The molecule has 0 aliphatic carbocycles. The summed E-state index contributed by atoms with van der Waals surface area (Å²) in [6.07, 6.45) is 7.87. The maximum Gasteiger partial charge on any atom is 0.249 e. The van der Waals surface area contributed by atoms with Gasteiger partial charge in [-0.05, 0) is 51.2 Å². The van der Waals surface area contributed by atoms with Gasteiger partial charge in [-0.15, -0.1) is 0 Å². The highest BCUT2D eigenvalue weighted by molar-refractivity contribution is 5.78. The molecule has 2 aromatic rings. The van der Waals surface area contributed by atoms with E-state index < -0.39 is 0 Å². The number of aryl methyl sites for hydroxylation is 1. The lowest BCUT2D eigenvalue weighted by atomic mass is 9.99. The molecule has 7 heteroatoms. The number of likely N-dealkylation sites (tertiary alicyclic amines) is 1. The fourth-order valence-electron chi connectivity index (χ4n) is 4.58. The second kappa shape index (κ2) is 9.51. The van der Waals surface area contributed by atoms with Crippen molar-refractivity contribution in [3.8, 4) is 0 Å². The van der Waals surface area contributed by atoms with Crippen LogP contribution in [-0.4, -0.2) is 59.1 Å². The minimum atomic E-state index is -0.0648. The number of fused-ring (bicyclic) bond motifs is 1. The highest BCUT2D eigenvalue weighted by atomic mass is 16.5. The number of hydrogen-bond acceptors (Lipinski definition) is 6. The van der Waals surface area contributed by atoms with E-state index in [1.807, 2.05) is 23.2 Å². The van der Waals surface area contributed by atoms with Crippen LogP contribution in [0, 0.1) is 6.92 Å². The average Bonchev–Trinajstić information content (AvgIpc) is 2.78. The number of rotatable bonds is 6. The monoisotopic (exact) mass is 409 g/mol. The lowest BCUT2D eigenvalue weighted by Crippen LogP contribution is -2.41. The Labute approximate surface area is 178 Å². The van der Waals surface area contributed by atoms with Crippen LogP contribution in [0.1, 0.15) is 54.5 Å². The Morgan fingerprint density at radius 3 is 2.90 bits per heavy atom. The van der Waals surface area contributed by atoms with E-state index in [4.69, 9.17) is 14.7 Å². The van der Waals surface area contributed by atoms with Gasteiger partial charge in [0.25, 0.3) is 0 Å². The van der Waals surface area contributed by atoms with Gasteiger partial charge in [0.15, 0.2) is 5.82 Å². The molecule has 0 N–H and O–H groups in total. The number of carbonyl (C=O) groups is 1. The van der Waals surface area contributed by atoms with Crippen LogP contribution in [-0.2, 0) is 22.4 Å². The molecule has 2 aliphatic heterocycles. The Bertz CT molecular complexity index is 873. The summed E-state index contributed by atoms with van der Waals surface area (Å²) in [5.74, 6) is 1.85. The van der Waals surface area contributed by atoms with Crippen molar-refractivity contribution in [1.82, 2.24) is 19.9 Å². The van der Waals surface area contributed by atoms with Gasteiger partial charge in [-0.3, -0.25) is 9.78 Å². The Hall–Kier alpha value is -2.54. The van der Waals surface area contributed by atoms with Crippen LogP contribution in [0.3, 0.4) is 0 Å². The third kappa shape index (κ3) is 4.46. The van der Waals surface area contributed by atoms with Gasteiger partial charge in [0.1, 0.15) is 12.4 Å². The topological polar surface area (TPSA) is 71.5 Å². The number of aromatic nitrogens is 3. The van der Waals surface area contributed by atoms with E-state index in [0.717, 1.165) is 81.2 Å². The van der Waals surface area contributed by atoms with Crippen LogP contribution in [0.2, 0.25) is 0 Å². The number of pyridine rings is 1. The summed E-state index contributed by atoms with van der Waals surface area (Å²) in [6, 6.07) is 5.99. The van der Waals surface area contributed by atoms with Crippen LogP contribution in [0.25, 0.3) is 0 Å². The second-order valence-electron chi connectivity index (χ2n) is 8.16. The molecule has 1 fully saturated rings. The molecule has 1 saturated heterocycles. The van der Waals surface area contributed by atoms with Gasteiger partial charge < -0.3 is 14.5 Å². The van der Waals surface area contributed by atoms with Crippen LogP contribution in [0.5, 0.6) is 0 Å². The first kappa shape index (κ1) is 20.7. The lowest BCUT2D eigenvalue weighted by molar-refractivity contribution is -0.139. The van der Waals surface area contributed by atoms with Gasteiger partial charge in [-0.1, -0.05) is 6.07 Å². The standard InChI is InChI=1S/C23H31N5O2/c1-17-19-9-7-13-27(15-11-18-8-3-5-12-24-18)23(19)26-22(25-17)20-10-4-6-14-28(20)21(29)16-30-2/h3,5,8,12,20H,4,6-7,9-11,13-16H2,1-2H3. The Balaban J connectivity index is 1.60. The number of methoxy groups -OCH3 is 1. The predicted octanol–water partition coefficient (Wildman–Crippen LogP) is 2.88. The first-order valence-corrected chi connectivity index (χ1v) is 11.0. The second-order valence-corrected chi connectivity index (χ2v) is 8.16. The molecule has 0 bridgehead atoms. The van der Waals surface area contributed by atoms with Crippen molar-refractivity contribution in [2.45, 2.75) is 51.5 Å². The van der Waals surface area contributed by atoms with E-state index in [-0.39, 0.29) is 18.6 Å². The Morgan fingerprint density at radius 2 is 2.10 bits per heavy atom. The van der Waals surface area contributed by atoms with Crippen molar-refractivity contribution in [3.63, 3.8) is 0 Å². The molecule has 160 valence electrons. The van der Waals surface area contributed by atoms with E-state index in [1.165, 1.54) is 5.56 Å². The average molecular weight is 410 g/mol. The van der Waals surface area contributed by atoms with Crippen molar-refractivity contribution < 1.29 is 9.53 Å². The van der Waals surface area contributed by atoms with Gasteiger partial charge in [-0.2, -0.15) is 0 Å². The molecular formula is C23H31N5O2. The minimum absolute atomic E-state index is 0.0215. The third-order valence-electron chi connectivity index (χ3n) is 6.12. The zero-order valence-corrected chi connectivity index (χ0v) is 18.0. The maximum absolute atomic E-state index is 12.6. The fraction of sp³-hybridized carbons (Fsp3) is 0.565. The summed E-state index contributed by atoms with van der Waals surface area (Å²) in [7, 11) is 1.57. The van der Waals surface area contributed by atoms with E-state index in [1.54, 1.807) is 7.11 Å². The van der Waals surface area contributed by atoms with Crippen molar-refractivity contribution in [2.24, 2.45) is 0 Å². The molecule has 7 nitrogen and oxygen atoms in total. The summed E-state index contributed by atoms with van der Waals surface area (Å²) >= 11 is 0. The van der Waals surface area contributed by atoms with Crippen molar-refractivity contribution in [2.75, 3.05) is 38.3 Å². The number of carbonyl (C=O) groups excluding carboxylic acids is 1. The maximum atomic E-state index is 12.6. The van der Waals surface area contributed by atoms with E-state index in [9.17, 15) is 4.79 Å². The fourth-order valence-corrected chi connectivity index (χ4v) is 4.58. The number of piperidine rings is 1. The van der Waals surface area contributed by atoms with E-state index >= 15 is 0 Å². The van der Waals surface area contributed by atoms with Crippen LogP contribution in [0.15, 0.2) is 24.4 Å². The summed E-state index contributed by atoms with van der Waals surface area (Å²) in [4.78, 5) is 31.3. The molecule has 1 unspecified atom stereocenters. The molecule has 0 saturated carbocycles. The molecule has 1 atom stereocenters.